The molecule has 0 N–H and O–H groups in total. The molecule has 360 valence electrons. The summed E-state index contributed by atoms with van der Waals surface area (Å²) in [6, 6.07) is 104. The topological polar surface area (TPSA) is 13.0 Å². The second-order valence-electron chi connectivity index (χ2n) is 21.1. The van der Waals surface area contributed by atoms with Crippen molar-refractivity contribution in [2.75, 3.05) is 19.6 Å². The third-order valence-corrected chi connectivity index (χ3v) is 17.1. The lowest BCUT2D eigenvalue weighted by molar-refractivity contribution is 1.26. The van der Waals surface area contributed by atoms with Gasteiger partial charge in [-0.25, -0.2) is 0 Å². The fourth-order valence-electron chi connectivity index (χ4n) is 14.0. The van der Waals surface area contributed by atoms with Crippen LogP contribution in [0.3, 0.4) is 0 Å². The molecule has 78 heavy (non-hydrogen) atoms. The molecule has 4 heterocycles. The van der Waals surface area contributed by atoms with Gasteiger partial charge in [-0.2, -0.15) is 0 Å². The van der Waals surface area contributed by atoms with Gasteiger partial charge in [-0.1, -0.05) is 188 Å². The predicted molar refractivity (Wildman–Crippen MR) is 332 cm³/mol. The van der Waals surface area contributed by atoms with E-state index in [-0.39, 0.29) is 13.4 Å². The highest BCUT2D eigenvalue weighted by Crippen LogP contribution is 2.49. The summed E-state index contributed by atoms with van der Waals surface area (Å²) in [5.41, 5.74) is 24.5. The first-order valence-corrected chi connectivity index (χ1v) is 27.2. The number of rotatable bonds is 5. The van der Waals surface area contributed by atoms with Gasteiger partial charge >= 0.3 is 0 Å². The molecule has 0 bridgehead atoms. The van der Waals surface area contributed by atoms with E-state index in [1.807, 2.05) is 0 Å². The van der Waals surface area contributed by atoms with Crippen LogP contribution in [-0.4, -0.2) is 13.4 Å². The van der Waals surface area contributed by atoms with E-state index < -0.39 is 0 Å². The predicted octanol–water partition coefficient (Wildman–Crippen LogP) is 15.0. The summed E-state index contributed by atoms with van der Waals surface area (Å²) in [4.78, 5) is 10.0. The van der Waals surface area contributed by atoms with Crippen molar-refractivity contribution >= 4 is 147 Å². The highest BCUT2D eigenvalue weighted by Gasteiger charge is 2.46. The van der Waals surface area contributed by atoms with Crippen LogP contribution in [0.5, 0.6) is 0 Å². The average molecular weight is 989 g/mol. The maximum Gasteiger partial charge on any atom is 0.252 e. The van der Waals surface area contributed by atoms with Gasteiger partial charge in [0.2, 0.25) is 0 Å². The van der Waals surface area contributed by atoms with Crippen molar-refractivity contribution in [2.24, 2.45) is 0 Å². The molecule has 13 aromatic rings. The van der Waals surface area contributed by atoms with Crippen molar-refractivity contribution in [3.8, 4) is 11.1 Å². The third kappa shape index (κ3) is 6.14. The summed E-state index contributed by atoms with van der Waals surface area (Å²) >= 11 is 0. The average Bonchev–Trinajstić information content (AvgIpc) is 3.70. The number of fused-ring (bicyclic) bond motifs is 13. The minimum absolute atomic E-state index is 0.00754. The fraction of sp³-hybridized carbons (Fsp3) is 0. The number of nitrogens with zero attached hydrogens (tertiary/aromatic N) is 4. The summed E-state index contributed by atoms with van der Waals surface area (Å²) in [6.45, 7) is 0.0185. The zero-order chi connectivity index (χ0) is 51.0. The molecule has 0 aromatic heterocycles. The van der Waals surface area contributed by atoms with Crippen LogP contribution in [-0.2, 0) is 0 Å². The highest BCUT2D eigenvalue weighted by atomic mass is 15.2. The van der Waals surface area contributed by atoms with Gasteiger partial charge in [0.05, 0.1) is 0 Å². The van der Waals surface area contributed by atoms with Gasteiger partial charge in [-0.15, -0.1) is 0 Å². The summed E-state index contributed by atoms with van der Waals surface area (Å²) in [5.74, 6) is 0. The molecule has 6 heteroatoms. The fourth-order valence-corrected chi connectivity index (χ4v) is 14.0. The zero-order valence-corrected chi connectivity index (χ0v) is 42.5. The minimum Gasteiger partial charge on any atom is -0.311 e. The molecule has 4 nitrogen and oxygen atoms in total. The van der Waals surface area contributed by atoms with E-state index in [4.69, 9.17) is 0 Å². The number of benzene rings is 13. The Morgan fingerprint density at radius 2 is 0.731 bits per heavy atom. The molecule has 13 aromatic carbocycles. The molecule has 17 rings (SSSR count). The van der Waals surface area contributed by atoms with Crippen molar-refractivity contribution in [1.29, 1.82) is 0 Å². The van der Waals surface area contributed by atoms with Gasteiger partial charge in [0.15, 0.2) is 0 Å². The Morgan fingerprint density at radius 3 is 1.45 bits per heavy atom. The van der Waals surface area contributed by atoms with Crippen molar-refractivity contribution in [3.05, 3.63) is 279 Å². The van der Waals surface area contributed by atoms with Crippen LogP contribution >= 0.6 is 0 Å². The molecule has 0 radical (unpaired) electrons. The maximum absolute atomic E-state index is 2.55. The maximum atomic E-state index is 2.55. The zero-order valence-electron chi connectivity index (χ0n) is 42.5. The molecule has 4 aliphatic heterocycles. The molecule has 0 saturated heterocycles. The van der Waals surface area contributed by atoms with Gasteiger partial charge in [0.1, 0.15) is 0 Å². The molecule has 0 aliphatic carbocycles. The van der Waals surface area contributed by atoms with Gasteiger partial charge in [0, 0.05) is 73.6 Å². The number of para-hydroxylation sites is 4. The molecule has 0 unspecified atom stereocenters. The molecule has 4 aliphatic rings. The van der Waals surface area contributed by atoms with Gasteiger partial charge in [0.25, 0.3) is 13.4 Å². The molecular formula is C72H46B2N4. The van der Waals surface area contributed by atoms with Crippen LogP contribution in [0.15, 0.2) is 279 Å². The lowest BCUT2D eigenvalue weighted by Crippen LogP contribution is -2.61. The first-order valence-electron chi connectivity index (χ1n) is 27.2. The summed E-state index contributed by atoms with van der Waals surface area (Å²) < 4.78 is 0. The Morgan fingerprint density at radius 1 is 0.231 bits per heavy atom. The molecular weight excluding hydrogens is 942 g/mol. The van der Waals surface area contributed by atoms with E-state index in [9.17, 15) is 0 Å². The van der Waals surface area contributed by atoms with E-state index in [0.29, 0.717) is 0 Å². The monoisotopic (exact) mass is 988 g/mol. The van der Waals surface area contributed by atoms with Crippen LogP contribution in [0.25, 0.3) is 43.4 Å². The first kappa shape index (κ1) is 43.2. The second-order valence-corrected chi connectivity index (χ2v) is 21.1. The van der Waals surface area contributed by atoms with Crippen molar-refractivity contribution < 1.29 is 0 Å². The third-order valence-electron chi connectivity index (χ3n) is 17.1. The van der Waals surface area contributed by atoms with Crippen molar-refractivity contribution in [1.82, 2.24) is 0 Å². The molecule has 0 saturated carbocycles. The lowest BCUT2D eigenvalue weighted by Gasteiger charge is -2.44. The van der Waals surface area contributed by atoms with E-state index in [1.165, 1.54) is 122 Å². The van der Waals surface area contributed by atoms with Crippen LogP contribution < -0.4 is 52.4 Å². The van der Waals surface area contributed by atoms with E-state index in [1.54, 1.807) is 0 Å². The Bertz CT molecular complexity index is 4620. The Labute approximate surface area is 454 Å². The molecule has 0 fully saturated rings. The summed E-state index contributed by atoms with van der Waals surface area (Å²) in [6.07, 6.45) is 0. The minimum atomic E-state index is -0.00754. The largest absolute Gasteiger partial charge is 0.311 e. The van der Waals surface area contributed by atoms with Gasteiger partial charge < -0.3 is 19.6 Å². The van der Waals surface area contributed by atoms with Crippen LogP contribution in [0.1, 0.15) is 0 Å². The first-order chi connectivity index (χ1) is 38.7. The van der Waals surface area contributed by atoms with Crippen molar-refractivity contribution in [2.45, 2.75) is 0 Å². The van der Waals surface area contributed by atoms with Gasteiger partial charge in [-0.05, 0) is 162 Å². The normalized spacial score (nSPS) is 13.5. The quantitative estimate of drug-likeness (QED) is 0.159. The van der Waals surface area contributed by atoms with Crippen LogP contribution in [0.2, 0.25) is 0 Å². The second kappa shape index (κ2) is 16.7. The molecule has 0 atom stereocenters. The molecule has 0 spiro atoms. The smallest absolute Gasteiger partial charge is 0.252 e. The summed E-state index contributed by atoms with van der Waals surface area (Å²) in [7, 11) is 0. The lowest BCUT2D eigenvalue weighted by atomic mass is 9.33. The van der Waals surface area contributed by atoms with E-state index in [0.717, 1.165) is 22.7 Å². The van der Waals surface area contributed by atoms with Crippen LogP contribution in [0, 0.1) is 0 Å². The summed E-state index contributed by atoms with van der Waals surface area (Å²) in [5, 5.41) is 7.44. The Hall–Kier alpha value is -10.0. The highest BCUT2D eigenvalue weighted by molar-refractivity contribution is 7.02. The van der Waals surface area contributed by atoms with E-state index >= 15 is 0 Å². The standard InChI is InChI=1S/C72H46B2N4/c1-4-24-51(25-5-1)75-62-35-15-14-34-59(62)73-60-42-41-57-55(32-17-33-58(57)72(60)78(53-28-8-3-9-29-53)66-39-19-36-63(75)70(66)73)50-23-16-30-54(44-50)77-65-38-18-37-64-71(65)74(69-56-31-13-12-20-47(56)40-43-67(69)77)61-45-48-21-10-11-22-49(48)46-68(61)76(64)52-26-6-2-7-27-52/h1-46H. The number of hydrogen-bond donors (Lipinski definition) is 0. The SMILES string of the molecule is c1ccc(N2c3cc4ccccc4cc3B3c4c2cccc4N(c2cccc(-c4cccc5c6c(ccc45)B4c5ccccc5N(c5ccccc5)c5cccc(c54)N6c4ccccc4)c2)c2ccc4ccccc4c23)cc1. The van der Waals surface area contributed by atoms with E-state index in [2.05, 4.69) is 299 Å². The molecule has 0 amide bonds. The number of anilines is 12. The number of hydrogen-bond acceptors (Lipinski definition) is 4. The van der Waals surface area contributed by atoms with Crippen molar-refractivity contribution in [3.63, 3.8) is 0 Å². The Balaban J connectivity index is 0.874. The van der Waals surface area contributed by atoms with Gasteiger partial charge in [-0.3, -0.25) is 0 Å². The van der Waals surface area contributed by atoms with Crippen LogP contribution in [0.4, 0.5) is 68.2 Å². The Kier molecular flexibility index (Phi) is 9.28.